The van der Waals surface area contributed by atoms with Crippen LogP contribution in [0.25, 0.3) is 0 Å². The molecule has 0 aliphatic heterocycles. The Hall–Kier alpha value is -2.47. The minimum absolute atomic E-state index is 0.0870. The number of hydrogen-bond acceptors (Lipinski definition) is 6. The Morgan fingerprint density at radius 1 is 1.27 bits per heavy atom. The Balaban J connectivity index is 2.25. The Labute approximate surface area is 127 Å². The van der Waals surface area contributed by atoms with Gasteiger partial charge in [-0.05, 0) is 12.1 Å². The van der Waals surface area contributed by atoms with Crippen LogP contribution in [0.4, 0.5) is 0 Å². The van der Waals surface area contributed by atoms with Gasteiger partial charge in [-0.2, -0.15) is 0 Å². The minimum Gasteiger partial charge on any atom is -0.496 e. The number of carbonyl (C=O) groups is 3. The lowest BCUT2D eigenvalue weighted by Gasteiger charge is -2.18. The molecule has 1 aromatic carbocycles. The summed E-state index contributed by atoms with van der Waals surface area (Å²) in [5.74, 6) is -0.948. The van der Waals surface area contributed by atoms with E-state index in [1.54, 1.807) is 12.1 Å². The number of allylic oxidation sites excluding steroid dienone is 1. The number of rotatable bonds is 5. The van der Waals surface area contributed by atoms with Gasteiger partial charge in [0.25, 0.3) is 0 Å². The number of carbonyl (C=O) groups excluding carboxylic acids is 3. The molecule has 1 aliphatic carbocycles. The molecule has 0 amide bonds. The van der Waals surface area contributed by atoms with Crippen LogP contribution in [0.1, 0.15) is 33.6 Å². The molecule has 2 rings (SSSR count). The van der Waals surface area contributed by atoms with E-state index in [1.807, 2.05) is 0 Å². The monoisotopic (exact) mass is 304 g/mol. The van der Waals surface area contributed by atoms with Gasteiger partial charge in [0.05, 0.1) is 32.3 Å². The first-order chi connectivity index (χ1) is 10.5. The molecule has 1 N–H and O–H groups in total. The van der Waals surface area contributed by atoms with Crippen LogP contribution >= 0.6 is 0 Å². The van der Waals surface area contributed by atoms with Gasteiger partial charge in [0.15, 0.2) is 11.6 Å². The number of ketones is 2. The number of Topliss-reactive ketones (excluding diaryl/α,β-unsaturated/α-hetero) is 1. The van der Waals surface area contributed by atoms with Crippen molar-refractivity contribution in [3.8, 4) is 5.75 Å². The molecule has 22 heavy (non-hydrogen) atoms. The lowest BCUT2D eigenvalue weighted by atomic mass is 9.86. The van der Waals surface area contributed by atoms with Gasteiger partial charge in [0.1, 0.15) is 5.75 Å². The molecule has 0 bridgehead atoms. The summed E-state index contributed by atoms with van der Waals surface area (Å²) >= 11 is 0. The molecule has 1 aromatic rings. The summed E-state index contributed by atoms with van der Waals surface area (Å²) in [7, 11) is 2.64. The molecule has 6 heteroatoms. The lowest BCUT2D eigenvalue weighted by molar-refractivity contribution is -0.142. The SMILES string of the molecule is COC(=O)CC(O)CC1=CC(=O)c2c(OC)cccc2C1=O. The van der Waals surface area contributed by atoms with E-state index < -0.39 is 12.1 Å². The second kappa shape index (κ2) is 6.53. The van der Waals surface area contributed by atoms with Gasteiger partial charge in [-0.15, -0.1) is 0 Å². The van der Waals surface area contributed by atoms with E-state index in [-0.39, 0.29) is 41.1 Å². The maximum absolute atomic E-state index is 12.4. The molecule has 6 nitrogen and oxygen atoms in total. The Morgan fingerprint density at radius 3 is 2.64 bits per heavy atom. The van der Waals surface area contributed by atoms with Crippen molar-refractivity contribution >= 4 is 17.5 Å². The Bertz CT molecular complexity index is 659. The number of benzene rings is 1. The zero-order valence-electron chi connectivity index (χ0n) is 12.3. The normalized spacial score (nSPS) is 15.0. The summed E-state index contributed by atoms with van der Waals surface area (Å²) in [5.41, 5.74) is 0.635. The van der Waals surface area contributed by atoms with E-state index in [9.17, 15) is 19.5 Å². The van der Waals surface area contributed by atoms with E-state index >= 15 is 0 Å². The van der Waals surface area contributed by atoms with E-state index in [1.165, 1.54) is 26.4 Å². The fourth-order valence-electron chi connectivity index (χ4n) is 2.37. The molecule has 1 unspecified atom stereocenters. The maximum atomic E-state index is 12.4. The highest BCUT2D eigenvalue weighted by molar-refractivity contribution is 6.25. The molecule has 1 aliphatic rings. The summed E-state index contributed by atoms with van der Waals surface area (Å²) in [5, 5.41) is 9.83. The number of aliphatic hydroxyl groups is 1. The van der Waals surface area contributed by atoms with Crippen LogP contribution in [0.15, 0.2) is 29.8 Å². The zero-order chi connectivity index (χ0) is 16.3. The van der Waals surface area contributed by atoms with Gasteiger partial charge in [0, 0.05) is 17.6 Å². The van der Waals surface area contributed by atoms with Gasteiger partial charge in [-0.25, -0.2) is 0 Å². The van der Waals surface area contributed by atoms with E-state index in [4.69, 9.17) is 4.74 Å². The standard InChI is InChI=1S/C16H16O6/c1-21-13-5-3-4-11-15(13)12(18)7-9(16(11)20)6-10(17)8-14(19)22-2/h3-5,7,10,17H,6,8H2,1-2H3. The highest BCUT2D eigenvalue weighted by atomic mass is 16.5. The van der Waals surface area contributed by atoms with Crippen LogP contribution in [0.5, 0.6) is 5.75 Å². The molecule has 0 saturated carbocycles. The first kappa shape index (κ1) is 15.9. The molecule has 0 fully saturated rings. The van der Waals surface area contributed by atoms with Crippen LogP contribution < -0.4 is 4.74 Å². The van der Waals surface area contributed by atoms with Crippen LogP contribution in [0.2, 0.25) is 0 Å². The van der Waals surface area contributed by atoms with E-state index in [0.29, 0.717) is 5.75 Å². The fraction of sp³-hybridized carbons (Fsp3) is 0.312. The van der Waals surface area contributed by atoms with Crippen molar-refractivity contribution in [2.45, 2.75) is 18.9 Å². The van der Waals surface area contributed by atoms with E-state index in [2.05, 4.69) is 4.74 Å². The molecule has 0 aromatic heterocycles. The average Bonchev–Trinajstić information content (AvgIpc) is 2.51. The molecule has 1 atom stereocenters. The van der Waals surface area contributed by atoms with Crippen molar-refractivity contribution in [3.63, 3.8) is 0 Å². The van der Waals surface area contributed by atoms with Gasteiger partial charge in [-0.1, -0.05) is 12.1 Å². The smallest absolute Gasteiger partial charge is 0.308 e. The molecule has 116 valence electrons. The van der Waals surface area contributed by atoms with Crippen molar-refractivity contribution < 1.29 is 29.0 Å². The predicted molar refractivity (Wildman–Crippen MR) is 77.0 cm³/mol. The number of hydrogen-bond donors (Lipinski definition) is 1. The lowest BCUT2D eigenvalue weighted by Crippen LogP contribution is -2.22. The molecule has 0 saturated heterocycles. The third-order valence-corrected chi connectivity index (χ3v) is 3.42. The summed E-state index contributed by atoms with van der Waals surface area (Å²) in [4.78, 5) is 35.7. The van der Waals surface area contributed by atoms with Crippen LogP contribution in [-0.4, -0.2) is 43.0 Å². The Kier molecular flexibility index (Phi) is 4.72. The number of methoxy groups -OCH3 is 2. The summed E-state index contributed by atoms with van der Waals surface area (Å²) in [6.45, 7) is 0. The zero-order valence-corrected chi connectivity index (χ0v) is 12.3. The largest absolute Gasteiger partial charge is 0.496 e. The van der Waals surface area contributed by atoms with Crippen molar-refractivity contribution in [3.05, 3.63) is 41.0 Å². The summed E-state index contributed by atoms with van der Waals surface area (Å²) < 4.78 is 9.56. The first-order valence-electron chi connectivity index (χ1n) is 6.69. The predicted octanol–water partition coefficient (Wildman–Crippen LogP) is 1.31. The van der Waals surface area contributed by atoms with Crippen molar-refractivity contribution in [2.75, 3.05) is 14.2 Å². The quantitative estimate of drug-likeness (QED) is 0.825. The highest BCUT2D eigenvalue weighted by Gasteiger charge is 2.29. The van der Waals surface area contributed by atoms with Crippen molar-refractivity contribution in [1.29, 1.82) is 0 Å². The summed E-state index contributed by atoms with van der Waals surface area (Å²) in [6, 6.07) is 4.77. The van der Waals surface area contributed by atoms with Gasteiger partial charge < -0.3 is 14.6 Å². The second-order valence-corrected chi connectivity index (χ2v) is 4.88. The minimum atomic E-state index is -1.08. The average molecular weight is 304 g/mol. The topological polar surface area (TPSA) is 89.9 Å². The second-order valence-electron chi connectivity index (χ2n) is 4.88. The van der Waals surface area contributed by atoms with Crippen LogP contribution in [0.3, 0.4) is 0 Å². The van der Waals surface area contributed by atoms with Crippen LogP contribution in [-0.2, 0) is 9.53 Å². The summed E-state index contributed by atoms with van der Waals surface area (Å²) in [6.07, 6.45) is -0.216. The van der Waals surface area contributed by atoms with Gasteiger partial charge in [0.2, 0.25) is 0 Å². The molecule has 0 heterocycles. The fourth-order valence-corrected chi connectivity index (χ4v) is 2.37. The molecular weight excluding hydrogens is 288 g/mol. The van der Waals surface area contributed by atoms with E-state index in [0.717, 1.165) is 0 Å². The maximum Gasteiger partial charge on any atom is 0.308 e. The molecular formula is C16H16O6. The number of ether oxygens (including phenoxy) is 2. The highest BCUT2D eigenvalue weighted by Crippen LogP contribution is 2.30. The van der Waals surface area contributed by atoms with Gasteiger partial charge >= 0.3 is 5.97 Å². The number of fused-ring (bicyclic) bond motifs is 1. The molecule has 0 spiro atoms. The number of aliphatic hydroxyl groups excluding tert-OH is 1. The molecule has 0 radical (unpaired) electrons. The van der Waals surface area contributed by atoms with Crippen LogP contribution in [0, 0.1) is 0 Å². The third-order valence-electron chi connectivity index (χ3n) is 3.42. The first-order valence-corrected chi connectivity index (χ1v) is 6.69. The van der Waals surface area contributed by atoms with Crippen molar-refractivity contribution in [1.82, 2.24) is 0 Å². The van der Waals surface area contributed by atoms with Crippen molar-refractivity contribution in [2.24, 2.45) is 0 Å². The van der Waals surface area contributed by atoms with Gasteiger partial charge in [-0.3, -0.25) is 14.4 Å². The third kappa shape index (κ3) is 3.07. The number of esters is 1. The Morgan fingerprint density at radius 2 is 2.00 bits per heavy atom.